The maximum absolute atomic E-state index is 13.4. The molecule has 0 saturated heterocycles. The van der Waals surface area contributed by atoms with E-state index in [1.807, 2.05) is 0 Å². The fourth-order valence-electron chi connectivity index (χ4n) is 3.06. The molecule has 2 unspecified atom stereocenters. The van der Waals surface area contributed by atoms with E-state index in [9.17, 15) is 14.3 Å². The van der Waals surface area contributed by atoms with Gasteiger partial charge in [-0.05, 0) is 49.3 Å². The van der Waals surface area contributed by atoms with Crippen LogP contribution in [0.5, 0.6) is 0 Å². The molecule has 0 heterocycles. The van der Waals surface area contributed by atoms with E-state index in [1.54, 1.807) is 6.07 Å². The van der Waals surface area contributed by atoms with Crippen molar-refractivity contribution in [1.29, 1.82) is 0 Å². The molecule has 1 aromatic rings. The van der Waals surface area contributed by atoms with Gasteiger partial charge in [-0.3, -0.25) is 4.79 Å². The summed E-state index contributed by atoms with van der Waals surface area (Å²) >= 11 is 5.65. The topological polar surface area (TPSA) is 37.3 Å². The summed E-state index contributed by atoms with van der Waals surface area (Å²) in [6.07, 6.45) is 3.68. The standard InChI is InChI=1S/C15H18ClFO2/c1-2-10-5-6-15(8-10,14(18)19)9-11-3-4-12(16)13(17)7-11/h3-4,7,10H,2,5-6,8-9H2,1H3,(H,18,19). The van der Waals surface area contributed by atoms with E-state index in [4.69, 9.17) is 11.6 Å². The highest BCUT2D eigenvalue weighted by molar-refractivity contribution is 6.30. The zero-order valence-electron chi connectivity index (χ0n) is 11.0. The van der Waals surface area contributed by atoms with E-state index >= 15 is 0 Å². The van der Waals surface area contributed by atoms with Gasteiger partial charge in [0.05, 0.1) is 10.4 Å². The number of carboxylic acids is 1. The molecular formula is C15H18ClFO2. The Labute approximate surface area is 117 Å². The number of halogens is 2. The molecule has 1 aromatic carbocycles. The van der Waals surface area contributed by atoms with Crippen LogP contribution in [0, 0.1) is 17.2 Å². The van der Waals surface area contributed by atoms with E-state index in [1.165, 1.54) is 12.1 Å². The quantitative estimate of drug-likeness (QED) is 0.895. The highest BCUT2D eigenvalue weighted by Gasteiger charge is 2.44. The Morgan fingerprint density at radius 1 is 1.58 bits per heavy atom. The molecule has 0 aromatic heterocycles. The number of carbonyl (C=O) groups is 1. The Balaban J connectivity index is 2.22. The molecule has 1 saturated carbocycles. The maximum atomic E-state index is 13.4. The third-order valence-electron chi connectivity index (χ3n) is 4.27. The van der Waals surface area contributed by atoms with E-state index < -0.39 is 17.2 Å². The summed E-state index contributed by atoms with van der Waals surface area (Å²) in [6, 6.07) is 4.57. The van der Waals surface area contributed by atoms with E-state index in [0.29, 0.717) is 30.7 Å². The van der Waals surface area contributed by atoms with Gasteiger partial charge in [-0.2, -0.15) is 0 Å². The van der Waals surface area contributed by atoms with Gasteiger partial charge in [-0.1, -0.05) is 31.0 Å². The Kier molecular flexibility index (Phi) is 4.14. The average molecular weight is 285 g/mol. The number of rotatable bonds is 4. The van der Waals surface area contributed by atoms with Crippen molar-refractivity contribution in [1.82, 2.24) is 0 Å². The van der Waals surface area contributed by atoms with Crippen LogP contribution in [-0.4, -0.2) is 11.1 Å². The number of hydrogen-bond acceptors (Lipinski definition) is 1. The molecule has 0 amide bonds. The lowest BCUT2D eigenvalue weighted by molar-refractivity contribution is -0.148. The first-order chi connectivity index (χ1) is 8.97. The molecule has 2 rings (SSSR count). The predicted octanol–water partition coefficient (Wildman–Crippen LogP) is 4.30. The molecular weight excluding hydrogens is 267 g/mol. The summed E-state index contributed by atoms with van der Waals surface area (Å²) in [5.74, 6) is -0.781. The smallest absolute Gasteiger partial charge is 0.309 e. The van der Waals surface area contributed by atoms with Gasteiger partial charge >= 0.3 is 5.97 Å². The number of benzene rings is 1. The highest BCUT2D eigenvalue weighted by Crippen LogP contribution is 2.45. The second-order valence-electron chi connectivity index (χ2n) is 5.53. The van der Waals surface area contributed by atoms with Gasteiger partial charge in [-0.15, -0.1) is 0 Å². The zero-order chi connectivity index (χ0) is 14.0. The minimum Gasteiger partial charge on any atom is -0.481 e. The second kappa shape index (κ2) is 5.49. The van der Waals surface area contributed by atoms with Crippen molar-refractivity contribution >= 4 is 17.6 Å². The van der Waals surface area contributed by atoms with Crippen molar-refractivity contribution < 1.29 is 14.3 Å². The van der Waals surface area contributed by atoms with Crippen molar-refractivity contribution in [3.8, 4) is 0 Å². The molecule has 0 radical (unpaired) electrons. The van der Waals surface area contributed by atoms with Gasteiger partial charge in [-0.25, -0.2) is 4.39 Å². The second-order valence-corrected chi connectivity index (χ2v) is 5.93. The summed E-state index contributed by atoms with van der Waals surface area (Å²) in [4.78, 5) is 11.6. The molecule has 4 heteroatoms. The van der Waals surface area contributed by atoms with E-state index in [-0.39, 0.29) is 5.02 Å². The van der Waals surface area contributed by atoms with E-state index in [0.717, 1.165) is 12.8 Å². The molecule has 2 atom stereocenters. The zero-order valence-corrected chi connectivity index (χ0v) is 11.7. The largest absolute Gasteiger partial charge is 0.481 e. The van der Waals surface area contributed by atoms with Crippen molar-refractivity contribution in [3.63, 3.8) is 0 Å². The van der Waals surface area contributed by atoms with Gasteiger partial charge in [0, 0.05) is 0 Å². The Hall–Kier alpha value is -1.09. The van der Waals surface area contributed by atoms with Gasteiger partial charge < -0.3 is 5.11 Å². The lowest BCUT2D eigenvalue weighted by atomic mass is 9.79. The van der Waals surface area contributed by atoms with Gasteiger partial charge in [0.2, 0.25) is 0 Å². The lowest BCUT2D eigenvalue weighted by Crippen LogP contribution is -2.30. The number of hydrogen-bond donors (Lipinski definition) is 1. The normalized spacial score (nSPS) is 26.6. The summed E-state index contributed by atoms with van der Waals surface area (Å²) in [7, 11) is 0. The van der Waals surface area contributed by atoms with Crippen molar-refractivity contribution in [2.75, 3.05) is 0 Å². The first-order valence-corrected chi connectivity index (χ1v) is 7.02. The molecule has 0 bridgehead atoms. The molecule has 2 nitrogen and oxygen atoms in total. The van der Waals surface area contributed by atoms with Crippen LogP contribution in [0.2, 0.25) is 5.02 Å². The number of carboxylic acid groups (broad SMARTS) is 1. The van der Waals surface area contributed by atoms with Crippen LogP contribution in [0.3, 0.4) is 0 Å². The Bertz CT molecular complexity index is 489. The molecule has 1 aliphatic carbocycles. The van der Waals surface area contributed by atoms with Crippen LogP contribution < -0.4 is 0 Å². The predicted molar refractivity (Wildman–Crippen MR) is 72.8 cm³/mol. The maximum Gasteiger partial charge on any atom is 0.309 e. The first-order valence-electron chi connectivity index (χ1n) is 6.64. The molecule has 104 valence electrons. The monoisotopic (exact) mass is 284 g/mol. The van der Waals surface area contributed by atoms with Crippen LogP contribution in [0.1, 0.15) is 38.2 Å². The summed E-state index contributed by atoms with van der Waals surface area (Å²) < 4.78 is 13.4. The van der Waals surface area contributed by atoms with Gasteiger partial charge in [0.1, 0.15) is 5.82 Å². The molecule has 0 aliphatic heterocycles. The van der Waals surface area contributed by atoms with Crippen LogP contribution in [0.25, 0.3) is 0 Å². The summed E-state index contributed by atoms with van der Waals surface area (Å²) in [5, 5.41) is 9.62. The molecule has 1 N–H and O–H groups in total. The Morgan fingerprint density at radius 3 is 2.84 bits per heavy atom. The van der Waals surface area contributed by atoms with Gasteiger partial charge in [0.15, 0.2) is 0 Å². The van der Waals surface area contributed by atoms with Crippen molar-refractivity contribution in [2.24, 2.45) is 11.3 Å². The van der Waals surface area contributed by atoms with Crippen LogP contribution in [0.15, 0.2) is 18.2 Å². The third kappa shape index (κ3) is 2.92. The molecule has 19 heavy (non-hydrogen) atoms. The third-order valence-corrected chi connectivity index (χ3v) is 4.57. The lowest BCUT2D eigenvalue weighted by Gasteiger charge is -2.24. The van der Waals surface area contributed by atoms with Crippen LogP contribution >= 0.6 is 11.6 Å². The first kappa shape index (κ1) is 14.3. The van der Waals surface area contributed by atoms with Crippen LogP contribution in [0.4, 0.5) is 4.39 Å². The van der Waals surface area contributed by atoms with E-state index in [2.05, 4.69) is 6.92 Å². The molecule has 1 fully saturated rings. The minimum atomic E-state index is -0.765. The Morgan fingerprint density at radius 2 is 2.32 bits per heavy atom. The SMILES string of the molecule is CCC1CCC(Cc2ccc(Cl)c(F)c2)(C(=O)O)C1. The van der Waals surface area contributed by atoms with Crippen molar-refractivity contribution in [2.45, 2.75) is 39.0 Å². The molecule has 0 spiro atoms. The fourth-order valence-corrected chi connectivity index (χ4v) is 3.17. The van der Waals surface area contributed by atoms with Crippen LogP contribution in [-0.2, 0) is 11.2 Å². The highest BCUT2D eigenvalue weighted by atomic mass is 35.5. The summed E-state index contributed by atoms with van der Waals surface area (Å²) in [5.41, 5.74) is -0.0259. The van der Waals surface area contributed by atoms with Crippen molar-refractivity contribution in [3.05, 3.63) is 34.6 Å². The average Bonchev–Trinajstić information content (AvgIpc) is 2.79. The van der Waals surface area contributed by atoms with Gasteiger partial charge in [0.25, 0.3) is 0 Å². The summed E-state index contributed by atoms with van der Waals surface area (Å²) in [6.45, 7) is 2.09. The molecule has 1 aliphatic rings. The number of aliphatic carboxylic acids is 1. The minimum absolute atomic E-state index is 0.0750. The fraction of sp³-hybridized carbons (Fsp3) is 0.533.